The molecule has 43 heavy (non-hydrogen) atoms. The van der Waals surface area contributed by atoms with Crippen molar-refractivity contribution in [1.29, 1.82) is 0 Å². The molecule has 9 nitrogen and oxygen atoms in total. The van der Waals surface area contributed by atoms with Crippen LogP contribution < -0.4 is 19.7 Å². The lowest BCUT2D eigenvalue weighted by Crippen LogP contribution is -2.46. The van der Waals surface area contributed by atoms with E-state index >= 15 is 0 Å². The van der Waals surface area contributed by atoms with Crippen LogP contribution in [0.15, 0.2) is 91.0 Å². The van der Waals surface area contributed by atoms with E-state index in [2.05, 4.69) is 5.32 Å². The highest BCUT2D eigenvalue weighted by atomic mass is 35.5. The number of ketones is 1. The third kappa shape index (κ3) is 5.64. The molecule has 0 fully saturated rings. The van der Waals surface area contributed by atoms with Crippen molar-refractivity contribution in [2.24, 2.45) is 0 Å². The number of nitrogens with one attached hydrogen (secondary N) is 1. The van der Waals surface area contributed by atoms with Gasteiger partial charge in [-0.05, 0) is 59.7 Å². The number of Topliss-reactive ketones (excluding diaryl/α,β-unsaturated/α-hetero) is 1. The van der Waals surface area contributed by atoms with Crippen molar-refractivity contribution in [3.05, 3.63) is 119 Å². The SMILES string of the molecule is O=C1C(=O)N(CC(=O)N(Cc2ccc(F)cc2)[C@@H](C(=O)Nc2ccc3c(c2)OCO3)c2ccc(Cl)cc2)c2ccccc21. The van der Waals surface area contributed by atoms with Gasteiger partial charge in [-0.2, -0.15) is 0 Å². The van der Waals surface area contributed by atoms with Gasteiger partial charge in [-0.15, -0.1) is 0 Å². The summed E-state index contributed by atoms with van der Waals surface area (Å²) < 4.78 is 24.5. The first kappa shape index (κ1) is 27.9. The molecule has 0 aliphatic carbocycles. The maximum absolute atomic E-state index is 14.1. The number of carbonyl (C=O) groups is 4. The Morgan fingerprint density at radius 2 is 1.65 bits per heavy atom. The van der Waals surface area contributed by atoms with E-state index in [-0.39, 0.29) is 18.9 Å². The molecular weight excluding hydrogens is 577 g/mol. The fraction of sp³-hybridized carbons (Fsp3) is 0.125. The molecule has 0 radical (unpaired) electrons. The lowest BCUT2D eigenvalue weighted by molar-refractivity contribution is -0.139. The predicted molar refractivity (Wildman–Crippen MR) is 155 cm³/mol. The van der Waals surface area contributed by atoms with Gasteiger partial charge in [-0.1, -0.05) is 48.0 Å². The summed E-state index contributed by atoms with van der Waals surface area (Å²) >= 11 is 6.14. The number of carbonyl (C=O) groups excluding carboxylic acids is 4. The summed E-state index contributed by atoms with van der Waals surface area (Å²) in [4.78, 5) is 56.1. The molecule has 1 N–H and O–H groups in total. The van der Waals surface area contributed by atoms with Crippen LogP contribution in [0.1, 0.15) is 27.5 Å². The number of ether oxygens (including phenoxy) is 2. The topological polar surface area (TPSA) is 105 Å². The summed E-state index contributed by atoms with van der Waals surface area (Å²) in [5, 5.41) is 3.27. The van der Waals surface area contributed by atoms with E-state index in [1.807, 2.05) is 0 Å². The van der Waals surface area contributed by atoms with Crippen molar-refractivity contribution in [3.63, 3.8) is 0 Å². The molecule has 4 aromatic rings. The maximum Gasteiger partial charge on any atom is 0.299 e. The molecule has 6 rings (SSSR count). The summed E-state index contributed by atoms with van der Waals surface area (Å²) in [6, 6.07) is 22.0. The quantitative estimate of drug-likeness (QED) is 0.281. The Kier molecular flexibility index (Phi) is 7.52. The van der Waals surface area contributed by atoms with Gasteiger partial charge in [0.1, 0.15) is 18.4 Å². The largest absolute Gasteiger partial charge is 0.454 e. The van der Waals surface area contributed by atoms with Crippen LogP contribution in [0.25, 0.3) is 0 Å². The zero-order chi connectivity index (χ0) is 30.1. The van der Waals surface area contributed by atoms with Crippen LogP contribution in [0.2, 0.25) is 5.02 Å². The van der Waals surface area contributed by atoms with Crippen molar-refractivity contribution in [2.45, 2.75) is 12.6 Å². The van der Waals surface area contributed by atoms with Gasteiger partial charge in [0.15, 0.2) is 11.5 Å². The first-order chi connectivity index (χ1) is 20.8. The Balaban J connectivity index is 1.38. The molecule has 2 aliphatic heterocycles. The second kappa shape index (κ2) is 11.6. The Hall–Kier alpha value is -5.22. The van der Waals surface area contributed by atoms with Gasteiger partial charge in [0, 0.05) is 23.3 Å². The van der Waals surface area contributed by atoms with Crippen molar-refractivity contribution in [3.8, 4) is 11.5 Å². The Morgan fingerprint density at radius 3 is 2.42 bits per heavy atom. The highest BCUT2D eigenvalue weighted by molar-refractivity contribution is 6.52. The smallest absolute Gasteiger partial charge is 0.299 e. The fourth-order valence-corrected chi connectivity index (χ4v) is 5.17. The minimum absolute atomic E-state index is 0.0565. The Bertz CT molecular complexity index is 1750. The number of nitrogens with zero attached hydrogens (tertiary/aromatic N) is 2. The van der Waals surface area contributed by atoms with Gasteiger partial charge < -0.3 is 19.7 Å². The molecule has 3 amide bonds. The third-order valence-corrected chi connectivity index (χ3v) is 7.40. The molecular formula is C32H23ClFN3O6. The average molecular weight is 600 g/mol. The third-order valence-electron chi connectivity index (χ3n) is 7.14. The van der Waals surface area contributed by atoms with E-state index in [0.717, 1.165) is 4.90 Å². The number of rotatable bonds is 8. The van der Waals surface area contributed by atoms with Crippen molar-refractivity contribution in [2.75, 3.05) is 23.6 Å². The number of halogens is 2. The van der Waals surface area contributed by atoms with Gasteiger partial charge in [0.2, 0.25) is 12.7 Å². The van der Waals surface area contributed by atoms with E-state index in [4.69, 9.17) is 21.1 Å². The normalized spacial score (nSPS) is 14.0. The number of fused-ring (bicyclic) bond motifs is 2. The molecule has 1 atom stereocenters. The van der Waals surface area contributed by atoms with Crippen LogP contribution in [0.4, 0.5) is 15.8 Å². The number of para-hydroxylation sites is 1. The average Bonchev–Trinajstić information content (AvgIpc) is 3.57. The standard InChI is InChI=1S/C32H23ClFN3O6/c33-21-9-7-20(8-10-21)29(31(40)35-23-13-14-26-27(15-23)43-18-42-26)37(16-19-5-11-22(34)12-6-19)28(38)17-36-25-4-2-1-3-24(25)30(39)32(36)41/h1-15,29H,16-18H2,(H,35,40)/t29-/m1/s1. The molecule has 4 aromatic carbocycles. The van der Waals surface area contributed by atoms with Gasteiger partial charge in [-0.3, -0.25) is 24.1 Å². The molecule has 0 bridgehead atoms. The molecule has 0 unspecified atom stereocenters. The Morgan fingerprint density at radius 1 is 0.930 bits per heavy atom. The lowest BCUT2D eigenvalue weighted by Gasteiger charge is -2.33. The molecule has 11 heteroatoms. The van der Waals surface area contributed by atoms with E-state index in [1.54, 1.807) is 60.7 Å². The first-order valence-corrected chi connectivity index (χ1v) is 13.6. The van der Waals surface area contributed by atoms with Gasteiger partial charge in [-0.25, -0.2) is 4.39 Å². The number of benzene rings is 4. The molecule has 0 saturated heterocycles. The highest BCUT2D eigenvalue weighted by Crippen LogP contribution is 2.35. The van der Waals surface area contributed by atoms with Crippen molar-refractivity contribution in [1.82, 2.24) is 4.90 Å². The molecule has 2 aliphatic rings. The molecule has 0 saturated carbocycles. The lowest BCUT2D eigenvalue weighted by atomic mass is 10.0. The second-order valence-electron chi connectivity index (χ2n) is 9.90. The van der Waals surface area contributed by atoms with E-state index < -0.39 is 41.9 Å². The molecule has 2 heterocycles. The number of amides is 3. The van der Waals surface area contributed by atoms with Crippen LogP contribution in [-0.2, 0) is 20.9 Å². The predicted octanol–water partition coefficient (Wildman–Crippen LogP) is 5.15. The summed E-state index contributed by atoms with van der Waals surface area (Å²) in [6.07, 6.45) is 0. The van der Waals surface area contributed by atoms with Crippen LogP contribution in [0.5, 0.6) is 11.5 Å². The van der Waals surface area contributed by atoms with E-state index in [9.17, 15) is 23.6 Å². The summed E-state index contributed by atoms with van der Waals surface area (Å²) in [7, 11) is 0. The van der Waals surface area contributed by atoms with Crippen LogP contribution in [0, 0.1) is 5.82 Å². The van der Waals surface area contributed by atoms with Crippen LogP contribution in [0.3, 0.4) is 0 Å². The Labute approximate surface area is 250 Å². The first-order valence-electron chi connectivity index (χ1n) is 13.2. The monoisotopic (exact) mass is 599 g/mol. The minimum atomic E-state index is -1.22. The van der Waals surface area contributed by atoms with Crippen LogP contribution in [-0.4, -0.2) is 41.7 Å². The zero-order valence-corrected chi connectivity index (χ0v) is 23.2. The highest BCUT2D eigenvalue weighted by Gasteiger charge is 2.39. The maximum atomic E-state index is 14.1. The van der Waals surface area contributed by atoms with Gasteiger partial charge in [0.25, 0.3) is 17.6 Å². The van der Waals surface area contributed by atoms with Crippen LogP contribution >= 0.6 is 11.6 Å². The molecule has 0 spiro atoms. The fourth-order valence-electron chi connectivity index (χ4n) is 5.04. The molecule has 216 valence electrons. The second-order valence-corrected chi connectivity index (χ2v) is 10.3. The number of anilines is 2. The van der Waals surface area contributed by atoms with Crippen molar-refractivity contribution < 1.29 is 33.0 Å². The van der Waals surface area contributed by atoms with Crippen molar-refractivity contribution >= 4 is 46.5 Å². The van der Waals surface area contributed by atoms with E-state index in [1.165, 1.54) is 35.2 Å². The summed E-state index contributed by atoms with van der Waals surface area (Å²) in [5.74, 6) is -2.23. The zero-order valence-electron chi connectivity index (χ0n) is 22.5. The number of hydrogen-bond donors (Lipinski definition) is 1. The molecule has 0 aromatic heterocycles. The number of hydrogen-bond acceptors (Lipinski definition) is 6. The van der Waals surface area contributed by atoms with Gasteiger partial charge >= 0.3 is 0 Å². The summed E-state index contributed by atoms with van der Waals surface area (Å²) in [6.45, 7) is -0.566. The minimum Gasteiger partial charge on any atom is -0.454 e. The van der Waals surface area contributed by atoms with Gasteiger partial charge in [0.05, 0.1) is 11.3 Å². The van der Waals surface area contributed by atoms with E-state index in [0.29, 0.717) is 39.0 Å². The summed E-state index contributed by atoms with van der Waals surface area (Å²) in [5.41, 5.74) is 1.87.